The Kier molecular flexibility index (Phi) is 3.58. The molecule has 0 aliphatic heterocycles. The molecule has 1 aliphatic carbocycles. The van der Waals surface area contributed by atoms with Gasteiger partial charge in [0.05, 0.1) is 11.4 Å². The van der Waals surface area contributed by atoms with Gasteiger partial charge in [-0.2, -0.15) is 5.10 Å². The van der Waals surface area contributed by atoms with Gasteiger partial charge in [0, 0.05) is 12.7 Å². The van der Waals surface area contributed by atoms with E-state index in [4.69, 9.17) is 0 Å². The highest BCUT2D eigenvalue weighted by molar-refractivity contribution is 7.89. The van der Waals surface area contributed by atoms with Crippen LogP contribution in [0.5, 0.6) is 0 Å². The van der Waals surface area contributed by atoms with Crippen LogP contribution in [0.25, 0.3) is 11.3 Å². The summed E-state index contributed by atoms with van der Waals surface area (Å²) >= 11 is 0. The molecule has 3 rings (SSSR count). The first-order valence-corrected chi connectivity index (χ1v) is 8.34. The number of rotatable bonds is 6. The van der Waals surface area contributed by atoms with E-state index in [0.29, 0.717) is 12.5 Å². The van der Waals surface area contributed by atoms with Gasteiger partial charge in [-0.1, -0.05) is 24.3 Å². The number of hydrogen-bond acceptors (Lipinski definition) is 3. The molecule has 1 aromatic carbocycles. The highest BCUT2D eigenvalue weighted by Gasteiger charge is 2.27. The number of H-pyrrole nitrogens is 1. The van der Waals surface area contributed by atoms with Crippen LogP contribution in [-0.4, -0.2) is 24.4 Å². The Hall–Kier alpha value is -1.66. The Morgan fingerprint density at radius 1 is 1.20 bits per heavy atom. The summed E-state index contributed by atoms with van der Waals surface area (Å²) < 4.78 is 26.2. The maximum atomic E-state index is 11.8. The molecule has 106 valence electrons. The highest BCUT2D eigenvalue weighted by Crippen LogP contribution is 2.30. The molecule has 1 aliphatic rings. The van der Waals surface area contributed by atoms with E-state index >= 15 is 0 Å². The van der Waals surface area contributed by atoms with Crippen LogP contribution in [0.2, 0.25) is 0 Å². The van der Waals surface area contributed by atoms with Crippen molar-refractivity contribution >= 4 is 10.0 Å². The van der Waals surface area contributed by atoms with Crippen molar-refractivity contribution in [3.63, 3.8) is 0 Å². The van der Waals surface area contributed by atoms with E-state index in [-0.39, 0.29) is 5.75 Å². The third-order valence-corrected chi connectivity index (χ3v) is 4.91. The van der Waals surface area contributed by atoms with Crippen LogP contribution in [0.3, 0.4) is 0 Å². The van der Waals surface area contributed by atoms with Crippen molar-refractivity contribution in [3.05, 3.63) is 42.1 Å². The number of aromatic nitrogens is 2. The highest BCUT2D eigenvalue weighted by atomic mass is 32.2. The molecule has 0 radical (unpaired) electrons. The maximum absolute atomic E-state index is 11.8. The van der Waals surface area contributed by atoms with Gasteiger partial charge < -0.3 is 0 Å². The Labute approximate surface area is 118 Å². The molecule has 1 heterocycles. The molecule has 0 saturated heterocycles. The number of benzene rings is 1. The van der Waals surface area contributed by atoms with E-state index in [1.54, 1.807) is 6.20 Å². The van der Waals surface area contributed by atoms with Crippen molar-refractivity contribution < 1.29 is 8.42 Å². The fraction of sp³-hybridized carbons (Fsp3) is 0.357. The molecule has 0 bridgehead atoms. The standard InChI is InChI=1S/C14H17N3O2S/c18-20(19,10-12-1-2-12)16-9-11-3-5-13(6-4-11)14-7-8-15-17-14/h3-8,12,16H,1-2,9-10H2,(H,15,17). The zero-order valence-corrected chi connectivity index (χ0v) is 11.9. The molecule has 1 fully saturated rings. The first-order valence-electron chi connectivity index (χ1n) is 6.68. The van der Waals surface area contributed by atoms with E-state index in [0.717, 1.165) is 29.7 Å². The average molecular weight is 291 g/mol. The number of sulfonamides is 1. The third-order valence-electron chi connectivity index (χ3n) is 3.41. The third kappa shape index (κ3) is 3.46. The minimum absolute atomic E-state index is 0.263. The monoisotopic (exact) mass is 291 g/mol. The smallest absolute Gasteiger partial charge is 0.212 e. The zero-order valence-electron chi connectivity index (χ0n) is 11.0. The minimum Gasteiger partial charge on any atom is -0.278 e. The van der Waals surface area contributed by atoms with Crippen LogP contribution >= 0.6 is 0 Å². The second kappa shape index (κ2) is 5.38. The Morgan fingerprint density at radius 2 is 1.95 bits per heavy atom. The maximum Gasteiger partial charge on any atom is 0.212 e. The largest absolute Gasteiger partial charge is 0.278 e. The lowest BCUT2D eigenvalue weighted by atomic mass is 10.1. The molecule has 1 saturated carbocycles. The van der Waals surface area contributed by atoms with Gasteiger partial charge in [0.25, 0.3) is 0 Å². The first kappa shape index (κ1) is 13.3. The lowest BCUT2D eigenvalue weighted by molar-refractivity contribution is 0.577. The second-order valence-corrected chi connectivity index (χ2v) is 7.06. The van der Waals surface area contributed by atoms with Gasteiger partial charge in [-0.3, -0.25) is 5.10 Å². The van der Waals surface area contributed by atoms with Crippen molar-refractivity contribution in [2.24, 2.45) is 5.92 Å². The van der Waals surface area contributed by atoms with Gasteiger partial charge in [-0.05, 0) is 36.0 Å². The fourth-order valence-corrected chi connectivity index (χ4v) is 3.52. The van der Waals surface area contributed by atoms with E-state index in [9.17, 15) is 8.42 Å². The summed E-state index contributed by atoms with van der Waals surface area (Å²) in [6.07, 6.45) is 3.79. The molecule has 2 aromatic rings. The van der Waals surface area contributed by atoms with Gasteiger partial charge in [-0.15, -0.1) is 0 Å². The number of aromatic amines is 1. The fourth-order valence-electron chi connectivity index (χ4n) is 2.07. The summed E-state index contributed by atoms with van der Waals surface area (Å²) in [7, 11) is -3.14. The summed E-state index contributed by atoms with van der Waals surface area (Å²) in [5.41, 5.74) is 2.94. The van der Waals surface area contributed by atoms with Gasteiger partial charge in [0.2, 0.25) is 10.0 Å². The van der Waals surface area contributed by atoms with E-state index in [1.165, 1.54) is 0 Å². The first-order chi connectivity index (χ1) is 9.62. The Bertz CT molecular complexity index is 659. The Balaban J connectivity index is 1.60. The normalized spacial score (nSPS) is 15.4. The summed E-state index contributed by atoms with van der Waals surface area (Å²) in [4.78, 5) is 0. The lowest BCUT2D eigenvalue weighted by Gasteiger charge is -2.06. The molecule has 0 amide bonds. The van der Waals surface area contributed by atoms with Crippen LogP contribution in [0.15, 0.2) is 36.5 Å². The van der Waals surface area contributed by atoms with Crippen molar-refractivity contribution in [1.82, 2.24) is 14.9 Å². The topological polar surface area (TPSA) is 74.8 Å². The SMILES string of the molecule is O=S(=O)(CC1CC1)NCc1ccc(-c2ccn[nH]2)cc1. The number of hydrogen-bond donors (Lipinski definition) is 2. The van der Waals surface area contributed by atoms with Crippen molar-refractivity contribution in [1.29, 1.82) is 0 Å². The molecular formula is C14H17N3O2S. The van der Waals surface area contributed by atoms with Crippen molar-refractivity contribution in [2.75, 3.05) is 5.75 Å². The molecule has 0 unspecified atom stereocenters. The molecule has 0 atom stereocenters. The summed E-state index contributed by atoms with van der Waals surface area (Å²) in [6.45, 7) is 0.346. The predicted molar refractivity (Wildman–Crippen MR) is 77.4 cm³/mol. The molecule has 20 heavy (non-hydrogen) atoms. The van der Waals surface area contributed by atoms with Crippen LogP contribution in [0, 0.1) is 5.92 Å². The number of nitrogens with zero attached hydrogens (tertiary/aromatic N) is 1. The van der Waals surface area contributed by atoms with E-state index < -0.39 is 10.0 Å². The molecular weight excluding hydrogens is 274 g/mol. The molecule has 6 heteroatoms. The average Bonchev–Trinajstić information content (AvgIpc) is 3.07. The van der Waals surface area contributed by atoms with Crippen LogP contribution in [0.4, 0.5) is 0 Å². The molecule has 0 spiro atoms. The van der Waals surface area contributed by atoms with Gasteiger partial charge in [-0.25, -0.2) is 13.1 Å². The molecule has 2 N–H and O–H groups in total. The van der Waals surface area contributed by atoms with Gasteiger partial charge in [0.15, 0.2) is 0 Å². The van der Waals surface area contributed by atoms with Gasteiger partial charge in [0.1, 0.15) is 0 Å². The van der Waals surface area contributed by atoms with Crippen LogP contribution < -0.4 is 4.72 Å². The van der Waals surface area contributed by atoms with Crippen LogP contribution in [-0.2, 0) is 16.6 Å². The predicted octanol–water partition coefficient (Wildman–Crippen LogP) is 1.91. The van der Waals surface area contributed by atoms with Crippen molar-refractivity contribution in [3.8, 4) is 11.3 Å². The quantitative estimate of drug-likeness (QED) is 0.853. The molecule has 5 nitrogen and oxygen atoms in total. The summed E-state index contributed by atoms with van der Waals surface area (Å²) in [5, 5.41) is 6.80. The van der Waals surface area contributed by atoms with Crippen LogP contribution in [0.1, 0.15) is 18.4 Å². The zero-order chi connectivity index (χ0) is 14.0. The summed E-state index contributed by atoms with van der Waals surface area (Å²) in [6, 6.07) is 9.66. The number of nitrogens with one attached hydrogen (secondary N) is 2. The lowest BCUT2D eigenvalue weighted by Crippen LogP contribution is -2.26. The second-order valence-electron chi connectivity index (χ2n) is 5.21. The Morgan fingerprint density at radius 3 is 2.55 bits per heavy atom. The van der Waals surface area contributed by atoms with E-state index in [1.807, 2.05) is 30.3 Å². The van der Waals surface area contributed by atoms with Crippen molar-refractivity contribution in [2.45, 2.75) is 19.4 Å². The van der Waals surface area contributed by atoms with E-state index in [2.05, 4.69) is 14.9 Å². The molecule has 1 aromatic heterocycles. The van der Waals surface area contributed by atoms with Gasteiger partial charge >= 0.3 is 0 Å². The summed E-state index contributed by atoms with van der Waals surface area (Å²) in [5.74, 6) is 0.634. The minimum atomic E-state index is -3.14.